The van der Waals surface area contributed by atoms with Gasteiger partial charge in [0, 0.05) is 19.1 Å². The van der Waals surface area contributed by atoms with E-state index in [1.54, 1.807) is 0 Å². The molecule has 0 saturated heterocycles. The van der Waals surface area contributed by atoms with E-state index in [0.717, 1.165) is 5.92 Å². The number of aliphatic hydroxyl groups excluding tert-OH is 2. The maximum absolute atomic E-state index is 9.13. The van der Waals surface area contributed by atoms with E-state index in [2.05, 4.69) is 6.92 Å². The first-order chi connectivity index (χ1) is 7.31. The zero-order valence-corrected chi connectivity index (χ0v) is 9.99. The summed E-state index contributed by atoms with van der Waals surface area (Å²) in [5.41, 5.74) is 0. The molecule has 0 aromatic heterocycles. The van der Waals surface area contributed by atoms with Crippen LogP contribution in [0.4, 0.5) is 0 Å². The van der Waals surface area contributed by atoms with Crippen molar-refractivity contribution in [2.24, 2.45) is 17.8 Å². The van der Waals surface area contributed by atoms with Gasteiger partial charge in [0.05, 0.1) is 0 Å². The van der Waals surface area contributed by atoms with Crippen molar-refractivity contribution in [2.45, 2.75) is 51.9 Å². The van der Waals surface area contributed by atoms with Crippen molar-refractivity contribution in [3.8, 4) is 0 Å². The summed E-state index contributed by atoms with van der Waals surface area (Å²) in [5, 5.41) is 18.3. The molecule has 1 fully saturated rings. The summed E-state index contributed by atoms with van der Waals surface area (Å²) in [7, 11) is 0. The van der Waals surface area contributed by atoms with E-state index in [9.17, 15) is 0 Å². The molecule has 0 aliphatic heterocycles. The quantitative estimate of drug-likeness (QED) is 0.713. The molecule has 0 atom stereocenters. The molecule has 2 N–H and O–H groups in total. The molecule has 90 valence electrons. The fourth-order valence-electron chi connectivity index (χ4n) is 2.80. The van der Waals surface area contributed by atoms with Crippen LogP contribution in [0, 0.1) is 17.8 Å². The van der Waals surface area contributed by atoms with Crippen LogP contribution in [0.1, 0.15) is 51.9 Å². The largest absolute Gasteiger partial charge is 0.396 e. The third-order valence-electron chi connectivity index (χ3n) is 3.99. The lowest BCUT2D eigenvalue weighted by Gasteiger charge is -2.32. The Morgan fingerprint density at radius 1 is 1.07 bits per heavy atom. The molecule has 15 heavy (non-hydrogen) atoms. The van der Waals surface area contributed by atoms with Crippen LogP contribution in [0.15, 0.2) is 0 Å². The van der Waals surface area contributed by atoms with Crippen molar-refractivity contribution < 1.29 is 10.2 Å². The van der Waals surface area contributed by atoms with Gasteiger partial charge in [0.25, 0.3) is 0 Å². The third kappa shape index (κ3) is 4.12. The normalized spacial score (nSPS) is 27.2. The second-order valence-electron chi connectivity index (χ2n) is 5.05. The highest BCUT2D eigenvalue weighted by atomic mass is 16.3. The summed E-state index contributed by atoms with van der Waals surface area (Å²) in [6.07, 6.45) is 9.07. The zero-order chi connectivity index (χ0) is 11.1. The predicted octanol–water partition coefficient (Wildman–Crippen LogP) is 2.58. The van der Waals surface area contributed by atoms with E-state index in [0.29, 0.717) is 5.92 Å². The van der Waals surface area contributed by atoms with Crippen LogP contribution in [0.25, 0.3) is 0 Å². The van der Waals surface area contributed by atoms with Gasteiger partial charge in [0.1, 0.15) is 0 Å². The molecule has 0 heterocycles. The molecule has 2 heteroatoms. The Kier molecular flexibility index (Phi) is 6.26. The minimum Gasteiger partial charge on any atom is -0.396 e. The minimum absolute atomic E-state index is 0.136. The summed E-state index contributed by atoms with van der Waals surface area (Å²) >= 11 is 0. The topological polar surface area (TPSA) is 40.5 Å². The van der Waals surface area contributed by atoms with Crippen molar-refractivity contribution in [3.63, 3.8) is 0 Å². The lowest BCUT2D eigenvalue weighted by Crippen LogP contribution is -2.26. The Morgan fingerprint density at radius 3 is 2.13 bits per heavy atom. The number of unbranched alkanes of at least 4 members (excludes halogenated alkanes) is 1. The SMILES string of the molecule is CCCCC1CCC(C(CO)CO)CC1. The minimum atomic E-state index is 0.136. The van der Waals surface area contributed by atoms with Crippen LogP contribution in [-0.4, -0.2) is 23.4 Å². The Morgan fingerprint density at radius 2 is 1.67 bits per heavy atom. The fourth-order valence-corrected chi connectivity index (χ4v) is 2.80. The maximum atomic E-state index is 9.13. The van der Waals surface area contributed by atoms with E-state index >= 15 is 0 Å². The standard InChI is InChI=1S/C13H26O2/c1-2-3-4-11-5-7-12(8-6-11)13(9-14)10-15/h11-15H,2-10H2,1H3. The Labute approximate surface area is 93.7 Å². The van der Waals surface area contributed by atoms with Gasteiger partial charge in [-0.3, -0.25) is 0 Å². The molecule has 0 spiro atoms. The fraction of sp³-hybridized carbons (Fsp3) is 1.00. The Hall–Kier alpha value is -0.0800. The number of rotatable bonds is 6. The lowest BCUT2D eigenvalue weighted by molar-refractivity contribution is 0.0782. The molecule has 0 amide bonds. The average molecular weight is 214 g/mol. The summed E-state index contributed by atoms with van der Waals surface area (Å²) in [5.74, 6) is 1.62. The zero-order valence-electron chi connectivity index (χ0n) is 9.99. The van der Waals surface area contributed by atoms with Gasteiger partial charge >= 0.3 is 0 Å². The monoisotopic (exact) mass is 214 g/mol. The number of hydrogen-bond donors (Lipinski definition) is 2. The highest BCUT2D eigenvalue weighted by Crippen LogP contribution is 2.35. The van der Waals surface area contributed by atoms with Gasteiger partial charge in [-0.05, 0) is 24.7 Å². The second kappa shape index (κ2) is 7.24. The van der Waals surface area contributed by atoms with Crippen LogP contribution in [0.3, 0.4) is 0 Å². The number of hydrogen-bond acceptors (Lipinski definition) is 2. The molecule has 1 aliphatic rings. The molecule has 0 aromatic carbocycles. The van der Waals surface area contributed by atoms with Gasteiger partial charge in [0.15, 0.2) is 0 Å². The Balaban J connectivity index is 2.22. The first-order valence-electron chi connectivity index (χ1n) is 6.53. The predicted molar refractivity (Wildman–Crippen MR) is 62.6 cm³/mol. The smallest absolute Gasteiger partial charge is 0.0483 e. The van der Waals surface area contributed by atoms with Crippen molar-refractivity contribution in [3.05, 3.63) is 0 Å². The molecule has 0 unspecified atom stereocenters. The van der Waals surface area contributed by atoms with E-state index in [4.69, 9.17) is 10.2 Å². The summed E-state index contributed by atoms with van der Waals surface area (Å²) in [4.78, 5) is 0. The van der Waals surface area contributed by atoms with Crippen LogP contribution in [0.2, 0.25) is 0 Å². The van der Waals surface area contributed by atoms with Crippen molar-refractivity contribution in [1.82, 2.24) is 0 Å². The molecule has 0 aromatic rings. The van der Waals surface area contributed by atoms with Crippen molar-refractivity contribution in [2.75, 3.05) is 13.2 Å². The van der Waals surface area contributed by atoms with Gasteiger partial charge in [-0.1, -0.05) is 39.0 Å². The van der Waals surface area contributed by atoms with Gasteiger partial charge < -0.3 is 10.2 Å². The van der Waals surface area contributed by atoms with E-state index in [-0.39, 0.29) is 19.1 Å². The van der Waals surface area contributed by atoms with E-state index in [1.807, 2.05) is 0 Å². The van der Waals surface area contributed by atoms with Gasteiger partial charge in [-0.25, -0.2) is 0 Å². The van der Waals surface area contributed by atoms with E-state index < -0.39 is 0 Å². The summed E-state index contributed by atoms with van der Waals surface area (Å²) < 4.78 is 0. The first kappa shape index (κ1) is 13.0. The van der Waals surface area contributed by atoms with Gasteiger partial charge in [-0.2, -0.15) is 0 Å². The van der Waals surface area contributed by atoms with Crippen LogP contribution in [-0.2, 0) is 0 Å². The molecule has 2 nitrogen and oxygen atoms in total. The van der Waals surface area contributed by atoms with Crippen molar-refractivity contribution >= 4 is 0 Å². The molecular formula is C13H26O2. The molecule has 1 saturated carbocycles. The molecule has 1 aliphatic carbocycles. The van der Waals surface area contributed by atoms with Crippen LogP contribution >= 0.6 is 0 Å². The molecule has 0 radical (unpaired) electrons. The van der Waals surface area contributed by atoms with Crippen LogP contribution < -0.4 is 0 Å². The van der Waals surface area contributed by atoms with Gasteiger partial charge in [-0.15, -0.1) is 0 Å². The molecule has 0 bridgehead atoms. The van der Waals surface area contributed by atoms with E-state index in [1.165, 1.54) is 44.9 Å². The second-order valence-corrected chi connectivity index (χ2v) is 5.05. The Bertz CT molecular complexity index is 147. The average Bonchev–Trinajstić information content (AvgIpc) is 2.29. The van der Waals surface area contributed by atoms with Crippen LogP contribution in [0.5, 0.6) is 0 Å². The highest BCUT2D eigenvalue weighted by molar-refractivity contribution is 4.77. The summed E-state index contributed by atoms with van der Waals surface area (Å²) in [6.45, 7) is 2.56. The highest BCUT2D eigenvalue weighted by Gasteiger charge is 2.26. The first-order valence-corrected chi connectivity index (χ1v) is 6.53. The maximum Gasteiger partial charge on any atom is 0.0483 e. The molecule has 1 rings (SSSR count). The number of aliphatic hydroxyl groups is 2. The van der Waals surface area contributed by atoms with Crippen molar-refractivity contribution in [1.29, 1.82) is 0 Å². The summed E-state index contributed by atoms with van der Waals surface area (Å²) in [6, 6.07) is 0. The third-order valence-corrected chi connectivity index (χ3v) is 3.99. The lowest BCUT2D eigenvalue weighted by atomic mass is 9.75. The molecular weight excluding hydrogens is 188 g/mol. The van der Waals surface area contributed by atoms with Gasteiger partial charge in [0.2, 0.25) is 0 Å².